The van der Waals surface area contributed by atoms with Gasteiger partial charge in [-0.25, -0.2) is 13.2 Å². The minimum atomic E-state index is -4.43. The molecule has 6 nitrogen and oxygen atoms in total. The predicted octanol–water partition coefficient (Wildman–Crippen LogP) is 6.20. The lowest BCUT2D eigenvalue weighted by molar-refractivity contribution is -0.0882. The molecule has 214 valence electrons. The number of hydrogen-bond donors (Lipinski definition) is 1. The molecule has 0 bridgehead atoms. The SMILES string of the molecule is C=C1C=C(/C=C/C2CCC(S(=O)(=O)c3ccc(N4CCC5(CC4)COC(=O)N5)cc3)CC2)C=CC(C(F)(F)F)=C1. The van der Waals surface area contributed by atoms with E-state index in [0.29, 0.717) is 42.8 Å². The van der Waals surface area contributed by atoms with E-state index in [1.807, 2.05) is 18.2 Å². The van der Waals surface area contributed by atoms with Crippen molar-refractivity contribution in [2.75, 3.05) is 24.6 Å². The van der Waals surface area contributed by atoms with Crippen molar-refractivity contribution in [2.45, 2.75) is 60.4 Å². The summed E-state index contributed by atoms with van der Waals surface area (Å²) in [5, 5.41) is 2.47. The van der Waals surface area contributed by atoms with Crippen LogP contribution in [-0.4, -0.2) is 51.2 Å². The van der Waals surface area contributed by atoms with E-state index in [4.69, 9.17) is 4.74 Å². The lowest BCUT2D eigenvalue weighted by Gasteiger charge is -2.38. The van der Waals surface area contributed by atoms with Gasteiger partial charge in [-0.3, -0.25) is 0 Å². The maximum atomic E-state index is 13.4. The molecule has 2 aliphatic carbocycles. The number of benzene rings is 1. The van der Waals surface area contributed by atoms with Crippen LogP contribution in [0.1, 0.15) is 38.5 Å². The highest BCUT2D eigenvalue weighted by molar-refractivity contribution is 7.92. The molecular weight excluding hydrogens is 541 g/mol. The molecule has 40 heavy (non-hydrogen) atoms. The maximum Gasteiger partial charge on any atom is 0.416 e. The molecule has 10 heteroatoms. The standard InChI is InChI=1S/C30H33F3N2O4S/c1-21-18-23(4-7-24(19-21)30(31,32)33)3-2-22-5-10-26(11-6-22)40(37,38)27-12-8-25(9-13-27)35-16-14-29(15-17-35)20-39-28(36)34-29/h2-4,7-9,12-13,18-19,22,26H,1,5-6,10-11,14-17,20H2,(H,34,36)/b3-2+. The highest BCUT2D eigenvalue weighted by atomic mass is 32.2. The fourth-order valence-electron chi connectivity index (χ4n) is 5.85. The van der Waals surface area contributed by atoms with Gasteiger partial charge in [0.2, 0.25) is 0 Å². The number of cyclic esters (lactones) is 1. The molecule has 1 aromatic carbocycles. The van der Waals surface area contributed by atoms with Crippen LogP contribution in [0.3, 0.4) is 0 Å². The number of carbonyl (C=O) groups is 1. The first-order chi connectivity index (χ1) is 18.9. The first-order valence-electron chi connectivity index (χ1n) is 13.5. The Hall–Kier alpha value is -3.27. The van der Waals surface area contributed by atoms with Gasteiger partial charge in [0.1, 0.15) is 6.61 Å². The van der Waals surface area contributed by atoms with E-state index in [0.717, 1.165) is 43.8 Å². The number of nitrogens with one attached hydrogen (secondary N) is 1. The van der Waals surface area contributed by atoms with Crippen molar-refractivity contribution in [3.05, 3.63) is 84.0 Å². The molecule has 2 saturated heterocycles. The fraction of sp³-hybridized carbons (Fsp3) is 0.433. The largest absolute Gasteiger partial charge is 0.447 e. The lowest BCUT2D eigenvalue weighted by Crippen LogP contribution is -2.52. The summed E-state index contributed by atoms with van der Waals surface area (Å²) >= 11 is 0. The molecule has 0 atom stereocenters. The van der Waals surface area contributed by atoms with Gasteiger partial charge < -0.3 is 15.0 Å². The van der Waals surface area contributed by atoms with E-state index >= 15 is 0 Å². The van der Waals surface area contributed by atoms with Crippen LogP contribution < -0.4 is 10.2 Å². The van der Waals surface area contributed by atoms with Crippen LogP contribution in [0.25, 0.3) is 0 Å². The minimum absolute atomic E-state index is 0.159. The summed E-state index contributed by atoms with van der Waals surface area (Å²) < 4.78 is 71.0. The van der Waals surface area contributed by atoms with Crippen LogP contribution in [0.15, 0.2) is 88.9 Å². The van der Waals surface area contributed by atoms with Gasteiger partial charge in [-0.15, -0.1) is 0 Å². The summed E-state index contributed by atoms with van der Waals surface area (Å²) in [7, 11) is -3.48. The van der Waals surface area contributed by atoms with Gasteiger partial charge in [-0.1, -0.05) is 24.8 Å². The molecule has 1 N–H and O–H groups in total. The number of sulfone groups is 1. The summed E-state index contributed by atoms with van der Waals surface area (Å²) in [6.45, 7) is 5.56. The van der Waals surface area contributed by atoms with Crippen LogP contribution in [-0.2, 0) is 14.6 Å². The van der Waals surface area contributed by atoms with Crippen molar-refractivity contribution in [3.8, 4) is 0 Å². The number of halogens is 3. The minimum Gasteiger partial charge on any atom is -0.447 e. The van der Waals surface area contributed by atoms with Crippen molar-refractivity contribution in [2.24, 2.45) is 5.92 Å². The zero-order valence-electron chi connectivity index (χ0n) is 22.1. The number of rotatable bonds is 5. The highest BCUT2D eigenvalue weighted by Gasteiger charge is 2.42. The summed E-state index contributed by atoms with van der Waals surface area (Å²) in [6, 6.07) is 7.07. The van der Waals surface area contributed by atoms with Gasteiger partial charge in [-0.2, -0.15) is 13.2 Å². The zero-order chi connectivity index (χ0) is 28.5. The summed E-state index contributed by atoms with van der Waals surface area (Å²) in [5.41, 5.74) is 0.820. The van der Waals surface area contributed by atoms with Crippen molar-refractivity contribution in [1.29, 1.82) is 0 Å². The van der Waals surface area contributed by atoms with E-state index in [1.54, 1.807) is 24.3 Å². The average Bonchev–Trinajstić information content (AvgIpc) is 3.16. The highest BCUT2D eigenvalue weighted by Crippen LogP contribution is 2.35. The molecule has 2 aliphatic heterocycles. The number of alkyl halides is 3. The molecule has 0 radical (unpaired) electrons. The van der Waals surface area contributed by atoms with Gasteiger partial charge in [0.15, 0.2) is 9.84 Å². The number of piperidine rings is 1. The van der Waals surface area contributed by atoms with Crippen LogP contribution in [0.4, 0.5) is 23.7 Å². The molecule has 1 spiro atoms. The second kappa shape index (κ2) is 11.0. The van der Waals surface area contributed by atoms with Gasteiger partial charge in [0.25, 0.3) is 0 Å². The Balaban J connectivity index is 1.15. The van der Waals surface area contributed by atoms with Gasteiger partial charge >= 0.3 is 12.3 Å². The Bertz CT molecular complexity index is 1370. The number of nitrogens with zero attached hydrogens (tertiary/aromatic N) is 1. The topological polar surface area (TPSA) is 75.7 Å². The van der Waals surface area contributed by atoms with Crippen molar-refractivity contribution < 1.29 is 31.1 Å². The van der Waals surface area contributed by atoms with Crippen molar-refractivity contribution >= 4 is 21.6 Å². The third-order valence-corrected chi connectivity index (χ3v) is 10.6. The fourth-order valence-corrected chi connectivity index (χ4v) is 7.64. The summed E-state index contributed by atoms with van der Waals surface area (Å²) in [5.74, 6) is 0.159. The quantitative estimate of drug-likeness (QED) is 0.454. The van der Waals surface area contributed by atoms with Gasteiger partial charge in [0.05, 0.1) is 21.3 Å². The van der Waals surface area contributed by atoms with Crippen LogP contribution >= 0.6 is 0 Å². The second-order valence-electron chi connectivity index (χ2n) is 11.1. The number of allylic oxidation sites excluding steroid dienone is 9. The summed E-state index contributed by atoms with van der Waals surface area (Å²) in [4.78, 5) is 14.0. The molecule has 1 aromatic rings. The van der Waals surface area contributed by atoms with Crippen molar-refractivity contribution in [1.82, 2.24) is 5.32 Å². The third-order valence-electron chi connectivity index (χ3n) is 8.29. The third kappa shape index (κ3) is 6.22. The molecule has 4 aliphatic rings. The number of amides is 1. The number of anilines is 1. The van der Waals surface area contributed by atoms with E-state index in [1.165, 1.54) is 6.08 Å². The number of alkyl carbamates (subject to hydrolysis) is 1. The van der Waals surface area contributed by atoms with Crippen LogP contribution in [0.5, 0.6) is 0 Å². The maximum absolute atomic E-state index is 13.4. The first kappa shape index (κ1) is 28.3. The summed E-state index contributed by atoms with van der Waals surface area (Å²) in [6.07, 6.45) is 8.05. The molecular formula is C30H33F3N2O4S. The molecule has 1 amide bonds. The van der Waals surface area contributed by atoms with E-state index in [-0.39, 0.29) is 23.1 Å². The Morgan fingerprint density at radius 1 is 1.02 bits per heavy atom. The van der Waals surface area contributed by atoms with E-state index in [9.17, 15) is 26.4 Å². The molecule has 1 saturated carbocycles. The number of hydrogen-bond acceptors (Lipinski definition) is 5. The monoisotopic (exact) mass is 574 g/mol. The first-order valence-corrected chi connectivity index (χ1v) is 15.1. The lowest BCUT2D eigenvalue weighted by atomic mass is 9.88. The zero-order valence-corrected chi connectivity index (χ0v) is 22.9. The predicted molar refractivity (Wildman–Crippen MR) is 148 cm³/mol. The molecule has 2 heterocycles. The average molecular weight is 575 g/mol. The Morgan fingerprint density at radius 3 is 2.30 bits per heavy atom. The molecule has 0 aromatic heterocycles. The molecule has 3 fully saturated rings. The van der Waals surface area contributed by atoms with E-state index in [2.05, 4.69) is 16.8 Å². The second-order valence-corrected chi connectivity index (χ2v) is 13.3. The molecule has 5 rings (SSSR count). The normalized spacial score (nSPS) is 25.4. The molecule has 0 unspecified atom stereocenters. The Labute approximate surface area is 232 Å². The van der Waals surface area contributed by atoms with Crippen LogP contribution in [0.2, 0.25) is 0 Å². The van der Waals surface area contributed by atoms with Gasteiger partial charge in [-0.05, 0) is 98.1 Å². The Kier molecular flexibility index (Phi) is 7.74. The smallest absolute Gasteiger partial charge is 0.416 e. The number of carbonyl (C=O) groups excluding carboxylic acids is 1. The van der Waals surface area contributed by atoms with E-state index < -0.39 is 26.8 Å². The number of ether oxygens (including phenoxy) is 1. The van der Waals surface area contributed by atoms with Gasteiger partial charge in [0, 0.05) is 18.8 Å². The Morgan fingerprint density at radius 2 is 1.70 bits per heavy atom. The van der Waals surface area contributed by atoms with Crippen molar-refractivity contribution in [3.63, 3.8) is 0 Å². The van der Waals surface area contributed by atoms with Crippen LogP contribution in [0, 0.1) is 5.92 Å².